The van der Waals surface area contributed by atoms with Crippen molar-refractivity contribution in [3.63, 3.8) is 0 Å². The predicted octanol–water partition coefficient (Wildman–Crippen LogP) is 2.04. The summed E-state index contributed by atoms with van der Waals surface area (Å²) in [6.45, 7) is 1.86. The lowest BCUT2D eigenvalue weighted by molar-refractivity contribution is -0.119. The Morgan fingerprint density at radius 2 is 1.80 bits per heavy atom. The number of carbonyl (C=O) groups excluding carboxylic acids is 1. The van der Waals surface area contributed by atoms with Crippen LogP contribution in [-0.4, -0.2) is 10.9 Å². The molecule has 0 saturated heterocycles. The van der Waals surface area contributed by atoms with Gasteiger partial charge < -0.3 is 10.3 Å². The van der Waals surface area contributed by atoms with Gasteiger partial charge in [0.15, 0.2) is 0 Å². The minimum atomic E-state index is -0.208. The van der Waals surface area contributed by atoms with E-state index in [1.807, 2.05) is 19.1 Å². The Labute approximate surface area is 116 Å². The van der Waals surface area contributed by atoms with Crippen molar-refractivity contribution in [2.45, 2.75) is 19.8 Å². The molecule has 2 N–H and O–H groups in total. The lowest BCUT2D eigenvalue weighted by Gasteiger charge is -2.11. The molecule has 0 bridgehead atoms. The molecular weight excluding hydrogens is 252 g/mol. The average molecular weight is 268 g/mol. The van der Waals surface area contributed by atoms with Crippen molar-refractivity contribution in [3.8, 4) is 0 Å². The molecule has 1 amide bonds. The zero-order valence-electron chi connectivity index (χ0n) is 11.3. The number of carbonyl (C=O) groups is 1. The van der Waals surface area contributed by atoms with E-state index in [-0.39, 0.29) is 17.4 Å². The Kier molecular flexibility index (Phi) is 3.14. The number of nitrogens with one attached hydrogen (secondary N) is 2. The summed E-state index contributed by atoms with van der Waals surface area (Å²) in [6, 6.07) is 11.3. The summed E-state index contributed by atoms with van der Waals surface area (Å²) < 4.78 is 0. The van der Waals surface area contributed by atoms with E-state index < -0.39 is 0 Å². The van der Waals surface area contributed by atoms with Gasteiger partial charge in [0.05, 0.1) is 0 Å². The van der Waals surface area contributed by atoms with Crippen molar-refractivity contribution in [1.29, 1.82) is 0 Å². The molecule has 102 valence electrons. The summed E-state index contributed by atoms with van der Waals surface area (Å²) in [7, 11) is 0. The molecule has 0 fully saturated rings. The number of aromatic nitrogens is 1. The smallest absolute Gasteiger partial charge is 0.249 e. The van der Waals surface area contributed by atoms with E-state index in [1.54, 1.807) is 6.07 Å². The van der Waals surface area contributed by atoms with Crippen LogP contribution in [0.5, 0.6) is 0 Å². The maximum atomic E-state index is 12.3. The number of benzene rings is 1. The Balaban J connectivity index is 1.76. The van der Waals surface area contributed by atoms with E-state index in [1.165, 1.54) is 17.2 Å². The van der Waals surface area contributed by atoms with Crippen LogP contribution in [0.4, 0.5) is 5.82 Å². The number of amides is 1. The van der Waals surface area contributed by atoms with E-state index in [4.69, 9.17) is 0 Å². The molecule has 0 atom stereocenters. The van der Waals surface area contributed by atoms with Gasteiger partial charge in [-0.05, 0) is 36.5 Å². The first-order chi connectivity index (χ1) is 9.63. The molecule has 0 spiro atoms. The number of anilines is 1. The number of aromatic amines is 1. The first kappa shape index (κ1) is 12.7. The summed E-state index contributed by atoms with van der Waals surface area (Å²) in [5.74, 6) is 0.403. The molecule has 20 heavy (non-hydrogen) atoms. The van der Waals surface area contributed by atoms with Gasteiger partial charge in [0.25, 0.3) is 0 Å². The highest BCUT2D eigenvalue weighted by atomic mass is 16.2. The molecule has 2 aromatic rings. The van der Waals surface area contributed by atoms with Crippen LogP contribution in [0.25, 0.3) is 0 Å². The molecule has 0 unspecified atom stereocenters. The molecule has 0 radical (unpaired) electrons. The Hall–Kier alpha value is -2.36. The van der Waals surface area contributed by atoms with Gasteiger partial charge in [-0.3, -0.25) is 9.59 Å². The minimum absolute atomic E-state index is 0.0360. The number of rotatable bonds is 2. The third-order valence-electron chi connectivity index (χ3n) is 3.80. The molecule has 0 aliphatic heterocycles. The fraction of sp³-hybridized carbons (Fsp3) is 0.250. The summed E-state index contributed by atoms with van der Waals surface area (Å²) >= 11 is 0. The van der Waals surface area contributed by atoms with Crippen LogP contribution >= 0.6 is 0 Å². The quantitative estimate of drug-likeness (QED) is 0.875. The lowest BCUT2D eigenvalue weighted by atomic mass is 10.1. The van der Waals surface area contributed by atoms with Gasteiger partial charge in [0.1, 0.15) is 5.82 Å². The number of hydrogen-bond donors (Lipinski definition) is 2. The fourth-order valence-electron chi connectivity index (χ4n) is 2.65. The Morgan fingerprint density at radius 3 is 2.45 bits per heavy atom. The van der Waals surface area contributed by atoms with E-state index in [2.05, 4.69) is 22.4 Å². The molecule has 4 nitrogen and oxygen atoms in total. The first-order valence-corrected chi connectivity index (χ1v) is 6.71. The van der Waals surface area contributed by atoms with Crippen molar-refractivity contribution in [2.75, 3.05) is 5.32 Å². The Morgan fingerprint density at radius 1 is 1.15 bits per heavy atom. The molecule has 1 aliphatic carbocycles. The van der Waals surface area contributed by atoms with Crippen LogP contribution in [0.1, 0.15) is 16.7 Å². The van der Waals surface area contributed by atoms with E-state index in [9.17, 15) is 9.59 Å². The van der Waals surface area contributed by atoms with Crippen LogP contribution in [0.3, 0.4) is 0 Å². The molecule has 3 rings (SSSR count). The number of H-pyrrole nitrogens is 1. The fourth-order valence-corrected chi connectivity index (χ4v) is 2.65. The molecule has 1 aromatic heterocycles. The summed E-state index contributed by atoms with van der Waals surface area (Å²) in [5.41, 5.74) is 3.13. The highest BCUT2D eigenvalue weighted by Gasteiger charge is 2.27. The molecular formula is C16H16N2O2. The number of aryl methyl sites for hydroxylation is 1. The Bertz CT molecular complexity index is 693. The average Bonchev–Trinajstić information content (AvgIpc) is 2.87. The summed E-state index contributed by atoms with van der Waals surface area (Å²) in [5, 5.41) is 2.83. The van der Waals surface area contributed by atoms with Crippen LogP contribution in [0.15, 0.2) is 41.2 Å². The third kappa shape index (κ3) is 2.37. The van der Waals surface area contributed by atoms with Crippen molar-refractivity contribution in [2.24, 2.45) is 5.92 Å². The van der Waals surface area contributed by atoms with Gasteiger partial charge in [-0.25, -0.2) is 0 Å². The standard InChI is InChI=1S/C16H16N2O2/c1-10-6-7-14(19)17-15(10)18-16(20)13-8-11-4-2-3-5-12(11)9-13/h2-7,13H,8-9H2,1H3,(H2,17,18,19,20). The summed E-state index contributed by atoms with van der Waals surface area (Å²) in [6.07, 6.45) is 1.52. The van der Waals surface area contributed by atoms with Crippen molar-refractivity contribution in [1.82, 2.24) is 4.98 Å². The monoisotopic (exact) mass is 268 g/mol. The zero-order valence-corrected chi connectivity index (χ0v) is 11.3. The maximum Gasteiger partial charge on any atom is 0.249 e. The van der Waals surface area contributed by atoms with Gasteiger partial charge >= 0.3 is 0 Å². The molecule has 1 aromatic carbocycles. The van der Waals surface area contributed by atoms with Crippen molar-refractivity contribution < 1.29 is 4.79 Å². The summed E-state index contributed by atoms with van der Waals surface area (Å²) in [4.78, 5) is 26.3. The number of pyridine rings is 1. The second-order valence-electron chi connectivity index (χ2n) is 5.24. The lowest BCUT2D eigenvalue weighted by Crippen LogP contribution is -2.25. The largest absolute Gasteiger partial charge is 0.312 e. The molecule has 0 saturated carbocycles. The highest BCUT2D eigenvalue weighted by molar-refractivity contribution is 5.93. The second kappa shape index (κ2) is 4.96. The number of hydrogen-bond acceptors (Lipinski definition) is 2. The van der Waals surface area contributed by atoms with Crippen LogP contribution in [0, 0.1) is 12.8 Å². The van der Waals surface area contributed by atoms with Crippen LogP contribution in [-0.2, 0) is 17.6 Å². The third-order valence-corrected chi connectivity index (χ3v) is 3.80. The SMILES string of the molecule is Cc1ccc(=O)[nH]c1NC(=O)C1Cc2ccccc2C1. The second-order valence-corrected chi connectivity index (χ2v) is 5.24. The number of fused-ring (bicyclic) bond motifs is 1. The van der Waals surface area contributed by atoms with E-state index in [0.29, 0.717) is 5.82 Å². The van der Waals surface area contributed by atoms with Crippen molar-refractivity contribution in [3.05, 3.63) is 63.4 Å². The van der Waals surface area contributed by atoms with Gasteiger partial charge in [0, 0.05) is 12.0 Å². The topological polar surface area (TPSA) is 62.0 Å². The van der Waals surface area contributed by atoms with Crippen LogP contribution in [0.2, 0.25) is 0 Å². The first-order valence-electron chi connectivity index (χ1n) is 6.71. The predicted molar refractivity (Wildman–Crippen MR) is 77.8 cm³/mol. The van der Waals surface area contributed by atoms with Gasteiger partial charge in [-0.1, -0.05) is 30.3 Å². The normalized spacial score (nSPS) is 14.1. The van der Waals surface area contributed by atoms with Gasteiger partial charge in [-0.2, -0.15) is 0 Å². The zero-order chi connectivity index (χ0) is 14.1. The van der Waals surface area contributed by atoms with E-state index in [0.717, 1.165) is 18.4 Å². The van der Waals surface area contributed by atoms with Crippen molar-refractivity contribution >= 4 is 11.7 Å². The molecule has 1 aliphatic rings. The minimum Gasteiger partial charge on any atom is -0.312 e. The highest BCUT2D eigenvalue weighted by Crippen LogP contribution is 2.27. The maximum absolute atomic E-state index is 12.3. The molecule has 1 heterocycles. The van der Waals surface area contributed by atoms with Gasteiger partial charge in [0.2, 0.25) is 11.5 Å². The molecule has 4 heteroatoms. The van der Waals surface area contributed by atoms with E-state index >= 15 is 0 Å². The van der Waals surface area contributed by atoms with Gasteiger partial charge in [-0.15, -0.1) is 0 Å². The van der Waals surface area contributed by atoms with Crippen LogP contribution < -0.4 is 10.9 Å².